The molecule has 3 N–H and O–H groups in total. The van der Waals surface area contributed by atoms with Gasteiger partial charge in [0.2, 0.25) is 0 Å². The second-order valence-electron chi connectivity index (χ2n) is 8.25. The van der Waals surface area contributed by atoms with Crippen molar-refractivity contribution in [2.45, 2.75) is 48.0 Å². The lowest BCUT2D eigenvalue weighted by atomic mass is 9.98. The average molecular weight is 504 g/mol. The van der Waals surface area contributed by atoms with Crippen LogP contribution in [-0.2, 0) is 10.0 Å². The van der Waals surface area contributed by atoms with Gasteiger partial charge in [-0.25, -0.2) is 12.8 Å². The molecule has 3 aromatic carbocycles. The Kier molecular flexibility index (Phi) is 7.23. The number of phenolic OH excluding ortho intramolecular Hbond substituents is 1. The molecule has 0 aliphatic heterocycles. The van der Waals surface area contributed by atoms with Crippen molar-refractivity contribution < 1.29 is 27.8 Å². The van der Waals surface area contributed by atoms with Gasteiger partial charge in [0.1, 0.15) is 5.75 Å². The molecule has 1 aliphatic carbocycles. The van der Waals surface area contributed by atoms with Gasteiger partial charge in [-0.3, -0.25) is 4.72 Å². The number of fused-ring (bicyclic) bond motifs is 1. The minimum absolute atomic E-state index is 0.0277. The molecule has 0 saturated heterocycles. The van der Waals surface area contributed by atoms with Crippen molar-refractivity contribution >= 4 is 38.2 Å². The van der Waals surface area contributed by atoms with Crippen LogP contribution in [0.4, 0.5) is 10.1 Å². The van der Waals surface area contributed by atoms with E-state index in [2.05, 4.69) is 11.3 Å². The highest BCUT2D eigenvalue weighted by molar-refractivity contribution is 7.99. The maximum Gasteiger partial charge on any atom is 0.262 e. The fraction of sp³-hybridized carbons (Fsp3) is 0.280. The van der Waals surface area contributed by atoms with Crippen LogP contribution in [0, 0.1) is 5.82 Å². The first kappa shape index (κ1) is 24.2. The molecule has 6 nitrogen and oxygen atoms in total. The van der Waals surface area contributed by atoms with E-state index >= 15 is 0 Å². The molecule has 0 atom stereocenters. The number of nitrogens with one attached hydrogen (secondary N) is 1. The predicted molar refractivity (Wildman–Crippen MR) is 133 cm³/mol. The lowest BCUT2D eigenvalue weighted by Gasteiger charge is -2.23. The van der Waals surface area contributed by atoms with Crippen LogP contribution in [0.1, 0.15) is 32.1 Å². The summed E-state index contributed by atoms with van der Waals surface area (Å²) in [6.07, 6.45) is 4.88. The van der Waals surface area contributed by atoms with Gasteiger partial charge < -0.3 is 14.9 Å². The topological polar surface area (TPSA) is 95.9 Å². The fourth-order valence-corrected chi connectivity index (χ4v) is 5.85. The molecule has 0 radical (unpaired) electrons. The number of benzene rings is 3. The molecule has 0 amide bonds. The number of hydrogen-bond donors (Lipinski definition) is 3. The number of thioether (sulfide) groups is 1. The number of anilines is 1. The molecule has 180 valence electrons. The first-order valence-electron chi connectivity index (χ1n) is 11.0. The van der Waals surface area contributed by atoms with Crippen LogP contribution in [0.25, 0.3) is 10.8 Å². The Hall–Kier alpha value is -2.91. The van der Waals surface area contributed by atoms with Gasteiger partial charge in [-0.1, -0.05) is 37.3 Å². The number of ether oxygens (including phenoxy) is 1. The van der Waals surface area contributed by atoms with Gasteiger partial charge in [0, 0.05) is 10.8 Å². The maximum absolute atomic E-state index is 14.7. The summed E-state index contributed by atoms with van der Waals surface area (Å²) in [6.45, 7) is 3.43. The first-order chi connectivity index (χ1) is 16.2. The normalized spacial score (nSPS) is 14.7. The van der Waals surface area contributed by atoms with E-state index < -0.39 is 15.8 Å². The summed E-state index contributed by atoms with van der Waals surface area (Å²) in [5.41, 5.74) is 0.224. The second-order valence-corrected chi connectivity index (χ2v) is 10.9. The SMILES string of the molecule is C=C(O)CSc1cc(NS(=O)(=O)c2ccc(OC3CCCCC3)c(F)c2)c2ccccc2c1O. The molecular formula is C25H26FNO5S2. The van der Waals surface area contributed by atoms with Crippen LogP contribution in [0.3, 0.4) is 0 Å². The van der Waals surface area contributed by atoms with E-state index in [1.54, 1.807) is 24.3 Å². The Labute approximate surface area is 202 Å². The summed E-state index contributed by atoms with van der Waals surface area (Å²) in [6, 6.07) is 11.9. The molecule has 1 fully saturated rings. The highest BCUT2D eigenvalue weighted by Gasteiger charge is 2.22. The van der Waals surface area contributed by atoms with Crippen molar-refractivity contribution in [1.82, 2.24) is 0 Å². The van der Waals surface area contributed by atoms with Crippen LogP contribution >= 0.6 is 11.8 Å². The Morgan fingerprint density at radius 3 is 2.50 bits per heavy atom. The number of halogens is 1. The number of aliphatic hydroxyl groups excluding tert-OH is 1. The van der Waals surface area contributed by atoms with E-state index in [4.69, 9.17) is 4.74 Å². The number of aromatic hydroxyl groups is 1. The number of phenols is 1. The van der Waals surface area contributed by atoms with Crippen LogP contribution in [0.5, 0.6) is 11.5 Å². The third-order valence-electron chi connectivity index (χ3n) is 5.68. The zero-order valence-electron chi connectivity index (χ0n) is 18.5. The number of aliphatic hydroxyl groups is 1. The van der Waals surface area contributed by atoms with E-state index in [0.29, 0.717) is 15.7 Å². The van der Waals surface area contributed by atoms with E-state index in [0.717, 1.165) is 49.9 Å². The molecule has 0 bridgehead atoms. The molecule has 1 saturated carbocycles. The number of sulfonamides is 1. The highest BCUT2D eigenvalue weighted by atomic mass is 32.2. The quantitative estimate of drug-likeness (QED) is 0.188. The van der Waals surface area contributed by atoms with Crippen molar-refractivity contribution in [1.29, 1.82) is 0 Å². The third kappa shape index (κ3) is 5.42. The van der Waals surface area contributed by atoms with Gasteiger partial charge in [-0.15, -0.1) is 11.8 Å². The Morgan fingerprint density at radius 1 is 1.12 bits per heavy atom. The van der Waals surface area contributed by atoms with Gasteiger partial charge in [-0.2, -0.15) is 0 Å². The molecule has 34 heavy (non-hydrogen) atoms. The smallest absolute Gasteiger partial charge is 0.262 e. The van der Waals surface area contributed by atoms with Crippen molar-refractivity contribution in [2.75, 3.05) is 10.5 Å². The summed E-state index contributed by atoms with van der Waals surface area (Å²) in [5, 5.41) is 21.0. The second kappa shape index (κ2) is 10.1. The van der Waals surface area contributed by atoms with E-state index in [-0.39, 0.29) is 39.7 Å². The maximum atomic E-state index is 14.7. The van der Waals surface area contributed by atoms with Gasteiger partial charge in [0.25, 0.3) is 10.0 Å². The lowest BCUT2D eigenvalue weighted by molar-refractivity contribution is 0.148. The summed E-state index contributed by atoms with van der Waals surface area (Å²) in [7, 11) is -4.14. The minimum Gasteiger partial charge on any atom is -0.512 e. The summed E-state index contributed by atoms with van der Waals surface area (Å²) < 4.78 is 49.2. The number of hydrogen-bond acceptors (Lipinski definition) is 6. The zero-order valence-corrected chi connectivity index (χ0v) is 20.1. The molecule has 4 rings (SSSR count). The van der Waals surface area contributed by atoms with E-state index in [9.17, 15) is 23.0 Å². The molecule has 9 heteroatoms. The molecule has 0 unspecified atom stereocenters. The molecule has 3 aromatic rings. The first-order valence-corrected chi connectivity index (χ1v) is 13.4. The molecule has 1 aliphatic rings. The van der Waals surface area contributed by atoms with Gasteiger partial charge in [-0.05, 0) is 49.9 Å². The molecule has 0 spiro atoms. The van der Waals surface area contributed by atoms with E-state index in [1.807, 2.05) is 0 Å². The molecule has 0 heterocycles. The molecular weight excluding hydrogens is 477 g/mol. The van der Waals surface area contributed by atoms with Crippen LogP contribution < -0.4 is 9.46 Å². The van der Waals surface area contributed by atoms with Crippen molar-refractivity contribution in [3.8, 4) is 11.5 Å². The third-order valence-corrected chi connectivity index (χ3v) is 8.14. The standard InChI is InChI=1S/C25H26FNO5S2/c1-16(28)15-33-24-14-22(19-9-5-6-10-20(19)25(24)29)27-34(30,31)18-11-12-23(21(26)13-18)32-17-7-3-2-4-8-17/h5-6,9-14,17,27-29H,1-4,7-8,15H2. The van der Waals surface area contributed by atoms with Gasteiger partial charge in [0.05, 0.1) is 33.1 Å². The highest BCUT2D eigenvalue weighted by Crippen LogP contribution is 2.41. The summed E-state index contributed by atoms with van der Waals surface area (Å²) in [5.74, 6) is -0.664. The fourth-order valence-electron chi connectivity index (χ4n) is 4.00. The Bertz CT molecular complexity index is 1320. The monoisotopic (exact) mass is 503 g/mol. The minimum atomic E-state index is -4.14. The van der Waals surface area contributed by atoms with Crippen molar-refractivity contribution in [3.63, 3.8) is 0 Å². The van der Waals surface area contributed by atoms with Crippen molar-refractivity contribution in [3.05, 3.63) is 66.7 Å². The van der Waals surface area contributed by atoms with Gasteiger partial charge >= 0.3 is 0 Å². The van der Waals surface area contributed by atoms with Crippen LogP contribution in [0.2, 0.25) is 0 Å². The van der Waals surface area contributed by atoms with Crippen molar-refractivity contribution in [2.24, 2.45) is 0 Å². The van der Waals surface area contributed by atoms with Crippen LogP contribution in [-0.4, -0.2) is 30.5 Å². The summed E-state index contributed by atoms with van der Waals surface area (Å²) >= 11 is 1.12. The summed E-state index contributed by atoms with van der Waals surface area (Å²) in [4.78, 5) is 0.130. The Balaban J connectivity index is 1.63. The average Bonchev–Trinajstić information content (AvgIpc) is 2.82. The Morgan fingerprint density at radius 2 is 1.82 bits per heavy atom. The van der Waals surface area contributed by atoms with Crippen LogP contribution in [0.15, 0.2) is 70.7 Å². The molecule has 0 aromatic heterocycles. The number of rotatable bonds is 8. The predicted octanol–water partition coefficient (Wildman–Crippen LogP) is 6.36. The lowest BCUT2D eigenvalue weighted by Crippen LogP contribution is -2.20. The van der Waals surface area contributed by atoms with E-state index in [1.165, 1.54) is 18.2 Å². The largest absolute Gasteiger partial charge is 0.512 e. The zero-order chi connectivity index (χ0) is 24.3. The van der Waals surface area contributed by atoms with Gasteiger partial charge in [0.15, 0.2) is 11.6 Å².